The molecule has 0 aliphatic carbocycles. The molecule has 0 saturated heterocycles. The molecule has 0 radical (unpaired) electrons. The van der Waals surface area contributed by atoms with Crippen LogP contribution in [0.15, 0.2) is 48.8 Å². The summed E-state index contributed by atoms with van der Waals surface area (Å²) in [5.74, 6) is 0.481. The van der Waals surface area contributed by atoms with Crippen LogP contribution in [-0.4, -0.2) is 17.0 Å². The lowest BCUT2D eigenvalue weighted by atomic mass is 9.87. The van der Waals surface area contributed by atoms with Gasteiger partial charge in [0.1, 0.15) is 5.75 Å². The van der Waals surface area contributed by atoms with Crippen molar-refractivity contribution < 1.29 is 9.53 Å². The van der Waals surface area contributed by atoms with Crippen LogP contribution in [0.2, 0.25) is 0 Å². The van der Waals surface area contributed by atoms with Crippen LogP contribution in [0.5, 0.6) is 5.75 Å². The van der Waals surface area contributed by atoms with E-state index < -0.39 is 6.10 Å². The molecular weight excluding hydrogens is 276 g/mol. The van der Waals surface area contributed by atoms with Crippen molar-refractivity contribution in [2.24, 2.45) is 0 Å². The number of rotatable bonds is 4. The van der Waals surface area contributed by atoms with E-state index in [1.54, 1.807) is 31.5 Å². The third-order valence-electron chi connectivity index (χ3n) is 3.33. The number of ether oxygens (including phenoxy) is 1. The number of nitrogens with one attached hydrogen (secondary N) is 1. The Balaban J connectivity index is 1.96. The summed E-state index contributed by atoms with van der Waals surface area (Å²) in [6.07, 6.45) is 2.68. The number of carbonyl (C=O) groups is 1. The van der Waals surface area contributed by atoms with Gasteiger partial charge < -0.3 is 10.1 Å². The van der Waals surface area contributed by atoms with Gasteiger partial charge in [-0.15, -0.1) is 0 Å². The highest BCUT2D eigenvalue weighted by Crippen LogP contribution is 2.24. The van der Waals surface area contributed by atoms with Crippen molar-refractivity contribution in [1.29, 1.82) is 0 Å². The number of hydrogen-bond acceptors (Lipinski definition) is 3. The Bertz CT molecular complexity index is 616. The van der Waals surface area contributed by atoms with E-state index in [1.165, 1.54) is 5.56 Å². The summed E-state index contributed by atoms with van der Waals surface area (Å²) >= 11 is 0. The van der Waals surface area contributed by atoms with Crippen LogP contribution in [0.1, 0.15) is 33.3 Å². The van der Waals surface area contributed by atoms with Gasteiger partial charge in [0.05, 0.1) is 11.9 Å². The van der Waals surface area contributed by atoms with E-state index >= 15 is 0 Å². The molecule has 0 spiro atoms. The molecule has 22 heavy (non-hydrogen) atoms. The van der Waals surface area contributed by atoms with Crippen molar-refractivity contribution >= 4 is 11.6 Å². The summed E-state index contributed by atoms with van der Waals surface area (Å²) < 4.78 is 5.68. The van der Waals surface area contributed by atoms with E-state index in [0.717, 1.165) is 0 Å². The van der Waals surface area contributed by atoms with Gasteiger partial charge in [0, 0.05) is 6.20 Å². The van der Waals surface area contributed by atoms with Crippen molar-refractivity contribution in [2.45, 2.75) is 39.2 Å². The van der Waals surface area contributed by atoms with Crippen LogP contribution in [0.3, 0.4) is 0 Å². The first-order valence-corrected chi connectivity index (χ1v) is 7.34. The maximum absolute atomic E-state index is 12.1. The number of hydrogen-bond donors (Lipinski definition) is 1. The molecule has 0 fully saturated rings. The largest absolute Gasteiger partial charge is 0.481 e. The highest BCUT2D eigenvalue weighted by molar-refractivity contribution is 5.93. The quantitative estimate of drug-likeness (QED) is 0.934. The number of aromatic nitrogens is 1. The number of amides is 1. The minimum atomic E-state index is -0.583. The topological polar surface area (TPSA) is 51.2 Å². The lowest BCUT2D eigenvalue weighted by Gasteiger charge is -2.20. The van der Waals surface area contributed by atoms with Gasteiger partial charge >= 0.3 is 0 Å². The first kappa shape index (κ1) is 16.0. The molecule has 1 atom stereocenters. The molecule has 0 saturated carbocycles. The first-order chi connectivity index (χ1) is 10.4. The molecule has 0 aliphatic rings. The fourth-order valence-corrected chi connectivity index (χ4v) is 1.97. The van der Waals surface area contributed by atoms with E-state index in [4.69, 9.17) is 4.74 Å². The van der Waals surface area contributed by atoms with Crippen LogP contribution in [-0.2, 0) is 10.2 Å². The van der Waals surface area contributed by atoms with E-state index in [1.807, 2.05) is 24.3 Å². The summed E-state index contributed by atoms with van der Waals surface area (Å²) in [5.41, 5.74) is 1.99. The monoisotopic (exact) mass is 298 g/mol. The van der Waals surface area contributed by atoms with Crippen LogP contribution >= 0.6 is 0 Å². The molecule has 2 rings (SSSR count). The average molecular weight is 298 g/mol. The van der Waals surface area contributed by atoms with Crippen molar-refractivity contribution in [3.8, 4) is 5.75 Å². The Kier molecular flexibility index (Phi) is 4.81. The number of anilines is 1. The molecule has 1 aromatic heterocycles. The van der Waals surface area contributed by atoms with Gasteiger partial charge in [-0.25, -0.2) is 0 Å². The van der Waals surface area contributed by atoms with Crippen LogP contribution in [0, 0.1) is 0 Å². The van der Waals surface area contributed by atoms with Gasteiger partial charge in [0.25, 0.3) is 5.91 Å². The molecule has 4 nitrogen and oxygen atoms in total. The van der Waals surface area contributed by atoms with Crippen LogP contribution in [0.4, 0.5) is 5.69 Å². The lowest BCUT2D eigenvalue weighted by molar-refractivity contribution is -0.122. The van der Waals surface area contributed by atoms with Crippen molar-refractivity contribution in [1.82, 2.24) is 4.98 Å². The van der Waals surface area contributed by atoms with Crippen molar-refractivity contribution in [2.75, 3.05) is 5.32 Å². The highest BCUT2D eigenvalue weighted by Gasteiger charge is 2.16. The van der Waals surface area contributed by atoms with E-state index in [0.29, 0.717) is 11.4 Å². The number of nitrogens with zero attached hydrogens (tertiary/aromatic N) is 1. The molecule has 1 aromatic carbocycles. The highest BCUT2D eigenvalue weighted by atomic mass is 16.5. The standard InChI is InChI=1S/C18H22N2O2/c1-13(17(21)20-15-6-5-11-19-12-15)22-16-9-7-14(8-10-16)18(2,3)4/h5-13H,1-4H3,(H,20,21)/t13-/m1/s1. The molecule has 1 amide bonds. The third kappa shape index (κ3) is 4.32. The predicted molar refractivity (Wildman–Crippen MR) is 88.1 cm³/mol. The number of carbonyl (C=O) groups excluding carboxylic acids is 1. The second-order valence-corrected chi connectivity index (χ2v) is 6.27. The zero-order valence-electron chi connectivity index (χ0n) is 13.5. The zero-order chi connectivity index (χ0) is 16.2. The molecule has 0 bridgehead atoms. The van der Waals surface area contributed by atoms with Gasteiger partial charge in [-0.2, -0.15) is 0 Å². The normalized spacial score (nSPS) is 12.5. The van der Waals surface area contributed by atoms with Crippen molar-refractivity contribution in [3.05, 3.63) is 54.4 Å². The number of pyridine rings is 1. The average Bonchev–Trinajstić information content (AvgIpc) is 2.48. The molecule has 116 valence electrons. The third-order valence-corrected chi connectivity index (χ3v) is 3.33. The van der Waals surface area contributed by atoms with Gasteiger partial charge in [0.15, 0.2) is 6.10 Å². The molecule has 0 unspecified atom stereocenters. The molecular formula is C18H22N2O2. The Morgan fingerprint density at radius 3 is 2.41 bits per heavy atom. The predicted octanol–water partition coefficient (Wildman–Crippen LogP) is 3.79. The maximum Gasteiger partial charge on any atom is 0.265 e. The molecule has 2 aromatic rings. The Morgan fingerprint density at radius 1 is 1.18 bits per heavy atom. The number of benzene rings is 1. The zero-order valence-corrected chi connectivity index (χ0v) is 13.5. The van der Waals surface area contributed by atoms with Crippen LogP contribution in [0.25, 0.3) is 0 Å². The van der Waals surface area contributed by atoms with Gasteiger partial charge in [-0.3, -0.25) is 9.78 Å². The molecule has 4 heteroatoms. The summed E-state index contributed by atoms with van der Waals surface area (Å²) in [7, 11) is 0. The SMILES string of the molecule is C[C@@H](Oc1ccc(C(C)(C)C)cc1)C(=O)Nc1cccnc1. The molecule has 1 heterocycles. The second kappa shape index (κ2) is 6.60. The van der Waals surface area contributed by atoms with Crippen molar-refractivity contribution in [3.63, 3.8) is 0 Å². The van der Waals surface area contributed by atoms with E-state index in [-0.39, 0.29) is 11.3 Å². The lowest BCUT2D eigenvalue weighted by Crippen LogP contribution is -2.30. The summed E-state index contributed by atoms with van der Waals surface area (Å²) in [6, 6.07) is 11.4. The Hall–Kier alpha value is -2.36. The maximum atomic E-state index is 12.1. The fourth-order valence-electron chi connectivity index (χ4n) is 1.97. The summed E-state index contributed by atoms with van der Waals surface area (Å²) in [6.45, 7) is 8.20. The molecule has 0 aliphatic heterocycles. The smallest absolute Gasteiger partial charge is 0.265 e. The first-order valence-electron chi connectivity index (χ1n) is 7.34. The van der Waals surface area contributed by atoms with Gasteiger partial charge in [-0.05, 0) is 42.2 Å². The Labute approximate surface area is 131 Å². The van der Waals surface area contributed by atoms with Crippen LogP contribution < -0.4 is 10.1 Å². The van der Waals surface area contributed by atoms with Gasteiger partial charge in [0.2, 0.25) is 0 Å². The van der Waals surface area contributed by atoms with E-state index in [9.17, 15) is 4.79 Å². The van der Waals surface area contributed by atoms with E-state index in [2.05, 4.69) is 31.1 Å². The minimum Gasteiger partial charge on any atom is -0.481 e. The fraction of sp³-hybridized carbons (Fsp3) is 0.333. The summed E-state index contributed by atoms with van der Waals surface area (Å²) in [4.78, 5) is 16.0. The second-order valence-electron chi connectivity index (χ2n) is 6.27. The Morgan fingerprint density at radius 2 is 1.86 bits per heavy atom. The molecule has 1 N–H and O–H groups in total. The minimum absolute atomic E-state index is 0.0990. The summed E-state index contributed by atoms with van der Waals surface area (Å²) in [5, 5.41) is 2.77. The van der Waals surface area contributed by atoms with Gasteiger partial charge in [-0.1, -0.05) is 32.9 Å².